The number of rotatable bonds is 7. The largest absolute Gasteiger partial charge is 0.331 e. The quantitative estimate of drug-likeness (QED) is 0.575. The second-order valence-corrected chi connectivity index (χ2v) is 6.61. The SMILES string of the molecule is CC(C)=CCCC(C)CCn1cncc1-c1ccccc1Cl. The predicted molar refractivity (Wildman–Crippen MR) is 95.1 cm³/mol. The molecule has 0 saturated carbocycles. The van der Waals surface area contributed by atoms with E-state index in [9.17, 15) is 0 Å². The Hall–Kier alpha value is -1.54. The lowest BCUT2D eigenvalue weighted by Crippen LogP contribution is -2.04. The van der Waals surface area contributed by atoms with Gasteiger partial charge in [0.15, 0.2) is 0 Å². The van der Waals surface area contributed by atoms with Gasteiger partial charge >= 0.3 is 0 Å². The van der Waals surface area contributed by atoms with Gasteiger partial charge in [0, 0.05) is 17.1 Å². The maximum Gasteiger partial charge on any atom is 0.0950 e. The van der Waals surface area contributed by atoms with Crippen molar-refractivity contribution >= 4 is 11.6 Å². The third kappa shape index (κ3) is 4.74. The van der Waals surface area contributed by atoms with Crippen LogP contribution in [0.4, 0.5) is 0 Å². The van der Waals surface area contributed by atoms with Crippen LogP contribution in [0.5, 0.6) is 0 Å². The number of aromatic nitrogens is 2. The van der Waals surface area contributed by atoms with Gasteiger partial charge in [-0.2, -0.15) is 0 Å². The summed E-state index contributed by atoms with van der Waals surface area (Å²) in [5, 5.41) is 0.779. The Labute approximate surface area is 138 Å². The zero-order valence-corrected chi connectivity index (χ0v) is 14.5. The molecular weight excluding hydrogens is 292 g/mol. The Balaban J connectivity index is 1.96. The van der Waals surface area contributed by atoms with Gasteiger partial charge in [0.1, 0.15) is 0 Å². The number of hydrogen-bond donors (Lipinski definition) is 0. The number of benzene rings is 1. The van der Waals surface area contributed by atoms with Gasteiger partial charge in [0.05, 0.1) is 18.2 Å². The maximum absolute atomic E-state index is 6.30. The van der Waals surface area contributed by atoms with Crippen molar-refractivity contribution in [2.45, 2.75) is 46.6 Å². The highest BCUT2D eigenvalue weighted by molar-refractivity contribution is 6.33. The molecule has 1 atom stereocenters. The molecule has 0 spiro atoms. The minimum Gasteiger partial charge on any atom is -0.331 e. The third-order valence-corrected chi connectivity index (χ3v) is 4.27. The number of allylic oxidation sites excluding steroid dienone is 2. The Kier molecular flexibility index (Phi) is 6.26. The van der Waals surface area contributed by atoms with Crippen LogP contribution in [0, 0.1) is 5.92 Å². The first-order chi connectivity index (χ1) is 10.6. The lowest BCUT2D eigenvalue weighted by atomic mass is 10.0. The molecule has 118 valence electrons. The number of halogens is 1. The summed E-state index contributed by atoms with van der Waals surface area (Å²) in [5.41, 5.74) is 3.56. The number of nitrogens with zero attached hydrogens (tertiary/aromatic N) is 2. The normalized spacial score (nSPS) is 12.2. The fourth-order valence-corrected chi connectivity index (χ4v) is 2.79. The van der Waals surface area contributed by atoms with Gasteiger partial charge in [-0.1, -0.05) is 48.4 Å². The van der Waals surface area contributed by atoms with Crippen molar-refractivity contribution in [3.8, 4) is 11.3 Å². The summed E-state index contributed by atoms with van der Waals surface area (Å²) in [6.07, 6.45) is 9.69. The molecule has 22 heavy (non-hydrogen) atoms. The number of aryl methyl sites for hydroxylation is 1. The molecule has 0 aliphatic rings. The van der Waals surface area contributed by atoms with Crippen LogP contribution in [0.25, 0.3) is 11.3 Å². The molecule has 1 aromatic heterocycles. The summed E-state index contributed by atoms with van der Waals surface area (Å²) in [7, 11) is 0. The van der Waals surface area contributed by atoms with Crippen LogP contribution in [0.3, 0.4) is 0 Å². The smallest absolute Gasteiger partial charge is 0.0950 e. The molecule has 0 bridgehead atoms. The van der Waals surface area contributed by atoms with Gasteiger partial charge in [0.2, 0.25) is 0 Å². The second kappa shape index (κ2) is 8.19. The minimum absolute atomic E-state index is 0.706. The van der Waals surface area contributed by atoms with Crippen molar-refractivity contribution in [3.05, 3.63) is 53.5 Å². The predicted octanol–water partition coefficient (Wildman–Crippen LogP) is 5.98. The van der Waals surface area contributed by atoms with Crippen molar-refractivity contribution in [1.29, 1.82) is 0 Å². The van der Waals surface area contributed by atoms with E-state index < -0.39 is 0 Å². The van der Waals surface area contributed by atoms with Gasteiger partial charge in [-0.3, -0.25) is 0 Å². The highest BCUT2D eigenvalue weighted by Crippen LogP contribution is 2.27. The molecule has 2 nitrogen and oxygen atoms in total. The second-order valence-electron chi connectivity index (χ2n) is 6.20. The zero-order chi connectivity index (χ0) is 15.9. The number of imidazole rings is 1. The van der Waals surface area contributed by atoms with Crippen molar-refractivity contribution in [2.24, 2.45) is 5.92 Å². The minimum atomic E-state index is 0.706. The van der Waals surface area contributed by atoms with Crippen LogP contribution in [0.2, 0.25) is 5.02 Å². The Morgan fingerprint density at radius 1 is 1.27 bits per heavy atom. The molecular formula is C19H25ClN2. The Morgan fingerprint density at radius 3 is 2.77 bits per heavy atom. The van der Waals surface area contributed by atoms with Crippen LogP contribution < -0.4 is 0 Å². The van der Waals surface area contributed by atoms with Gasteiger partial charge in [-0.15, -0.1) is 0 Å². The molecule has 0 N–H and O–H groups in total. The van der Waals surface area contributed by atoms with Crippen molar-refractivity contribution < 1.29 is 0 Å². The lowest BCUT2D eigenvalue weighted by molar-refractivity contribution is 0.456. The Bertz CT molecular complexity index is 624. The lowest BCUT2D eigenvalue weighted by Gasteiger charge is -2.13. The summed E-state index contributed by atoms with van der Waals surface area (Å²) in [6.45, 7) is 7.62. The topological polar surface area (TPSA) is 17.8 Å². The molecule has 3 heteroatoms. The first kappa shape index (κ1) is 16.8. The van der Waals surface area contributed by atoms with Crippen LogP contribution in [0.15, 0.2) is 48.4 Å². The van der Waals surface area contributed by atoms with Crippen LogP contribution in [-0.2, 0) is 6.54 Å². The molecule has 1 unspecified atom stereocenters. The first-order valence-electron chi connectivity index (χ1n) is 7.96. The monoisotopic (exact) mass is 316 g/mol. The van der Waals surface area contributed by atoms with Crippen molar-refractivity contribution in [2.75, 3.05) is 0 Å². The standard InChI is InChI=1S/C19H25ClN2/c1-15(2)7-6-8-16(3)11-12-22-14-21-13-19(22)17-9-4-5-10-18(17)20/h4-5,7,9-10,13-14,16H,6,8,11-12H2,1-3H3. The van der Waals surface area contributed by atoms with Crippen LogP contribution >= 0.6 is 11.6 Å². The van der Waals surface area contributed by atoms with Gasteiger partial charge < -0.3 is 4.57 Å². The van der Waals surface area contributed by atoms with Gasteiger partial charge in [-0.05, 0) is 45.1 Å². The first-order valence-corrected chi connectivity index (χ1v) is 8.34. The van der Waals surface area contributed by atoms with E-state index in [0.717, 1.165) is 29.2 Å². The molecule has 0 radical (unpaired) electrons. The van der Waals surface area contributed by atoms with E-state index in [2.05, 4.69) is 36.4 Å². The highest BCUT2D eigenvalue weighted by atomic mass is 35.5. The molecule has 2 rings (SSSR count). The highest BCUT2D eigenvalue weighted by Gasteiger charge is 2.09. The molecule has 0 fully saturated rings. The molecule has 1 heterocycles. The van der Waals surface area contributed by atoms with Gasteiger partial charge in [-0.25, -0.2) is 4.98 Å². The van der Waals surface area contributed by atoms with E-state index in [0.29, 0.717) is 5.92 Å². The summed E-state index contributed by atoms with van der Waals surface area (Å²) in [6, 6.07) is 7.95. The fraction of sp³-hybridized carbons (Fsp3) is 0.421. The summed E-state index contributed by atoms with van der Waals surface area (Å²) in [5.74, 6) is 0.706. The molecule has 1 aromatic carbocycles. The average Bonchev–Trinajstić information content (AvgIpc) is 2.93. The van der Waals surface area contributed by atoms with E-state index in [-0.39, 0.29) is 0 Å². The van der Waals surface area contributed by atoms with E-state index in [1.807, 2.05) is 36.8 Å². The number of hydrogen-bond acceptors (Lipinski definition) is 1. The molecule has 0 saturated heterocycles. The van der Waals surface area contributed by atoms with E-state index in [1.165, 1.54) is 18.4 Å². The third-order valence-electron chi connectivity index (χ3n) is 3.94. The van der Waals surface area contributed by atoms with Crippen LogP contribution in [-0.4, -0.2) is 9.55 Å². The van der Waals surface area contributed by atoms with E-state index in [4.69, 9.17) is 11.6 Å². The molecule has 2 aromatic rings. The fourth-order valence-electron chi connectivity index (χ4n) is 2.55. The van der Waals surface area contributed by atoms with E-state index >= 15 is 0 Å². The van der Waals surface area contributed by atoms with Crippen molar-refractivity contribution in [1.82, 2.24) is 9.55 Å². The summed E-state index contributed by atoms with van der Waals surface area (Å²) in [4.78, 5) is 4.30. The summed E-state index contributed by atoms with van der Waals surface area (Å²) >= 11 is 6.30. The average molecular weight is 317 g/mol. The summed E-state index contributed by atoms with van der Waals surface area (Å²) < 4.78 is 2.21. The molecule has 0 aliphatic carbocycles. The van der Waals surface area contributed by atoms with Gasteiger partial charge in [0.25, 0.3) is 0 Å². The molecule has 0 amide bonds. The van der Waals surface area contributed by atoms with E-state index in [1.54, 1.807) is 0 Å². The maximum atomic E-state index is 6.30. The van der Waals surface area contributed by atoms with Crippen LogP contribution in [0.1, 0.15) is 40.0 Å². The van der Waals surface area contributed by atoms with Crippen molar-refractivity contribution in [3.63, 3.8) is 0 Å². The zero-order valence-electron chi connectivity index (χ0n) is 13.7. The molecule has 0 aliphatic heterocycles. The Morgan fingerprint density at radius 2 is 2.05 bits per heavy atom.